The number of aryl methyl sites for hydroxylation is 1. The van der Waals surface area contributed by atoms with E-state index in [1.54, 1.807) is 10.4 Å². The largest absolute Gasteiger partial charge is 0.252 e. The number of alkyl halides is 1. The molecule has 1 unspecified atom stereocenters. The van der Waals surface area contributed by atoms with Crippen LogP contribution in [0.3, 0.4) is 0 Å². The van der Waals surface area contributed by atoms with Crippen LogP contribution in [-0.2, 0) is 10.0 Å². The van der Waals surface area contributed by atoms with E-state index < -0.39 is 10.0 Å². The van der Waals surface area contributed by atoms with Crippen LogP contribution in [0.5, 0.6) is 0 Å². The molecule has 1 atom stereocenters. The molecule has 0 bridgehead atoms. The van der Waals surface area contributed by atoms with Crippen molar-refractivity contribution in [1.29, 1.82) is 0 Å². The summed E-state index contributed by atoms with van der Waals surface area (Å²) in [7, 11) is -3.36. The number of nitrogens with zero attached hydrogens (tertiary/aromatic N) is 1. The smallest absolute Gasteiger partial charge is 0.206 e. The summed E-state index contributed by atoms with van der Waals surface area (Å²) in [6.45, 7) is 3.04. The van der Waals surface area contributed by atoms with Crippen LogP contribution in [0.1, 0.15) is 18.4 Å². The van der Waals surface area contributed by atoms with Crippen molar-refractivity contribution in [1.82, 2.24) is 4.31 Å². The molecule has 0 saturated carbocycles. The third-order valence-corrected chi connectivity index (χ3v) is 7.91. The van der Waals surface area contributed by atoms with Gasteiger partial charge in [0.15, 0.2) is 0 Å². The van der Waals surface area contributed by atoms with Crippen molar-refractivity contribution in [2.75, 3.05) is 18.4 Å². The number of hydrogen-bond donors (Lipinski definition) is 0. The highest BCUT2D eigenvalue weighted by atomic mass is 79.9. The standard InChI is InChI=1S/C11H15BrClNO2S2/c1-8-5-10(17-11(8)13)18(15,16)14-4-2-3-9(6-12)7-14/h5,9H,2-4,6-7H2,1H3. The highest BCUT2D eigenvalue weighted by Crippen LogP contribution is 2.33. The first-order valence-electron chi connectivity index (χ1n) is 5.77. The average Bonchev–Trinajstić information content (AvgIpc) is 2.70. The minimum absolute atomic E-state index is 0.361. The van der Waals surface area contributed by atoms with Gasteiger partial charge in [0, 0.05) is 18.4 Å². The van der Waals surface area contributed by atoms with Gasteiger partial charge in [0.1, 0.15) is 4.21 Å². The molecular formula is C11H15BrClNO2S2. The molecule has 1 aromatic heterocycles. The topological polar surface area (TPSA) is 37.4 Å². The summed E-state index contributed by atoms with van der Waals surface area (Å²) >= 11 is 10.5. The zero-order valence-electron chi connectivity index (χ0n) is 10.0. The van der Waals surface area contributed by atoms with Crippen molar-refractivity contribution in [3.8, 4) is 0 Å². The molecule has 18 heavy (non-hydrogen) atoms. The fraction of sp³-hybridized carbons (Fsp3) is 0.636. The first-order valence-corrected chi connectivity index (χ1v) is 9.53. The summed E-state index contributed by atoms with van der Waals surface area (Å²) in [6, 6.07) is 1.67. The number of rotatable bonds is 3. The fourth-order valence-corrected chi connectivity index (χ4v) is 6.00. The minimum Gasteiger partial charge on any atom is -0.206 e. The Kier molecular flexibility index (Phi) is 4.75. The first-order chi connectivity index (χ1) is 8.45. The van der Waals surface area contributed by atoms with Gasteiger partial charge in [0.2, 0.25) is 0 Å². The molecule has 7 heteroatoms. The van der Waals surface area contributed by atoms with Gasteiger partial charge in [-0.1, -0.05) is 27.5 Å². The van der Waals surface area contributed by atoms with Gasteiger partial charge in [-0.05, 0) is 37.3 Å². The van der Waals surface area contributed by atoms with Crippen molar-refractivity contribution >= 4 is 48.9 Å². The van der Waals surface area contributed by atoms with E-state index in [1.807, 2.05) is 6.92 Å². The molecule has 2 rings (SSSR count). The van der Waals surface area contributed by atoms with Crippen LogP contribution >= 0.6 is 38.9 Å². The molecule has 0 spiro atoms. The molecule has 3 nitrogen and oxygen atoms in total. The maximum absolute atomic E-state index is 12.5. The van der Waals surface area contributed by atoms with Gasteiger partial charge >= 0.3 is 0 Å². The molecule has 102 valence electrons. The first kappa shape index (κ1) is 14.8. The lowest BCUT2D eigenvalue weighted by molar-refractivity contribution is 0.286. The number of thiophene rings is 1. The lowest BCUT2D eigenvalue weighted by Gasteiger charge is -2.30. The molecule has 1 fully saturated rings. The van der Waals surface area contributed by atoms with Crippen molar-refractivity contribution in [2.24, 2.45) is 5.92 Å². The Labute approximate surface area is 125 Å². The Morgan fingerprint density at radius 2 is 2.33 bits per heavy atom. The maximum atomic E-state index is 12.5. The van der Waals surface area contributed by atoms with Crippen LogP contribution in [0, 0.1) is 12.8 Å². The zero-order valence-corrected chi connectivity index (χ0v) is 14.0. The Hall–Kier alpha value is 0.380. The Balaban J connectivity index is 2.25. The molecule has 2 heterocycles. The summed E-state index contributed by atoms with van der Waals surface area (Å²) in [4.78, 5) is 0. The van der Waals surface area contributed by atoms with Crippen molar-refractivity contribution in [3.05, 3.63) is 16.0 Å². The molecule has 1 aliphatic heterocycles. The van der Waals surface area contributed by atoms with Crippen molar-refractivity contribution in [3.63, 3.8) is 0 Å². The van der Waals surface area contributed by atoms with Crippen molar-refractivity contribution < 1.29 is 8.42 Å². The summed E-state index contributed by atoms with van der Waals surface area (Å²) in [5, 5.41) is 0.850. The fourth-order valence-electron chi connectivity index (χ4n) is 2.06. The van der Waals surface area contributed by atoms with Gasteiger partial charge in [-0.3, -0.25) is 0 Å². The van der Waals surface area contributed by atoms with Gasteiger partial charge in [-0.15, -0.1) is 11.3 Å². The van der Waals surface area contributed by atoms with Gasteiger partial charge in [-0.25, -0.2) is 8.42 Å². The predicted molar refractivity (Wildman–Crippen MR) is 79.3 cm³/mol. The van der Waals surface area contributed by atoms with E-state index in [2.05, 4.69) is 15.9 Å². The van der Waals surface area contributed by atoms with E-state index >= 15 is 0 Å². The molecule has 0 N–H and O–H groups in total. The summed E-state index contributed by atoms with van der Waals surface area (Å²) in [5.74, 6) is 0.407. The second-order valence-corrected chi connectivity index (χ2v) is 9.01. The highest BCUT2D eigenvalue weighted by molar-refractivity contribution is 9.09. The monoisotopic (exact) mass is 371 g/mol. The average molecular weight is 373 g/mol. The second kappa shape index (κ2) is 5.79. The minimum atomic E-state index is -3.36. The Bertz CT molecular complexity index is 510. The zero-order chi connectivity index (χ0) is 13.3. The predicted octanol–water partition coefficient (Wildman–Crippen LogP) is 3.51. The molecule has 0 amide bonds. The molecule has 1 aromatic rings. The van der Waals surface area contributed by atoms with Gasteiger partial charge in [0.05, 0.1) is 4.34 Å². The quantitative estimate of drug-likeness (QED) is 0.761. The van der Waals surface area contributed by atoms with E-state index in [1.165, 1.54) is 0 Å². The van der Waals surface area contributed by atoms with Crippen LogP contribution < -0.4 is 0 Å². The second-order valence-electron chi connectivity index (χ2n) is 4.55. The third kappa shape index (κ3) is 2.93. The van der Waals surface area contributed by atoms with E-state index in [0.29, 0.717) is 27.6 Å². The van der Waals surface area contributed by atoms with E-state index in [9.17, 15) is 8.42 Å². The lowest BCUT2D eigenvalue weighted by atomic mass is 10.0. The summed E-state index contributed by atoms with van der Waals surface area (Å²) in [6.07, 6.45) is 2.01. The number of sulfonamides is 1. The molecular weight excluding hydrogens is 358 g/mol. The van der Waals surface area contributed by atoms with Crippen LogP contribution in [0.4, 0.5) is 0 Å². The molecule has 0 aliphatic carbocycles. The number of piperidine rings is 1. The van der Waals surface area contributed by atoms with E-state index in [4.69, 9.17) is 11.6 Å². The molecule has 1 saturated heterocycles. The number of hydrogen-bond acceptors (Lipinski definition) is 3. The van der Waals surface area contributed by atoms with Gasteiger partial charge in [-0.2, -0.15) is 4.31 Å². The molecule has 0 radical (unpaired) electrons. The Morgan fingerprint density at radius 3 is 2.89 bits per heavy atom. The van der Waals surface area contributed by atoms with Gasteiger partial charge < -0.3 is 0 Å². The maximum Gasteiger partial charge on any atom is 0.252 e. The summed E-state index contributed by atoms with van der Waals surface area (Å²) < 4.78 is 27.5. The molecule has 0 aromatic carbocycles. The number of halogens is 2. The van der Waals surface area contributed by atoms with Crippen molar-refractivity contribution in [2.45, 2.75) is 24.0 Å². The van der Waals surface area contributed by atoms with E-state index in [-0.39, 0.29) is 0 Å². The van der Waals surface area contributed by atoms with E-state index in [0.717, 1.165) is 35.1 Å². The van der Waals surface area contributed by atoms with Crippen LogP contribution in [-0.4, -0.2) is 31.1 Å². The van der Waals surface area contributed by atoms with Crippen LogP contribution in [0.2, 0.25) is 4.34 Å². The highest BCUT2D eigenvalue weighted by Gasteiger charge is 2.31. The Morgan fingerprint density at radius 1 is 1.61 bits per heavy atom. The van der Waals surface area contributed by atoms with Gasteiger partial charge in [0.25, 0.3) is 10.0 Å². The van der Waals surface area contributed by atoms with Crippen LogP contribution in [0.25, 0.3) is 0 Å². The third-order valence-electron chi connectivity index (χ3n) is 3.13. The normalized spacial score (nSPS) is 22.3. The molecule has 1 aliphatic rings. The SMILES string of the molecule is Cc1cc(S(=O)(=O)N2CCCC(CBr)C2)sc1Cl. The summed E-state index contributed by atoms with van der Waals surface area (Å²) in [5.41, 5.74) is 0.828. The van der Waals surface area contributed by atoms with Crippen LogP contribution in [0.15, 0.2) is 10.3 Å². The lowest BCUT2D eigenvalue weighted by Crippen LogP contribution is -2.40.